The Balaban J connectivity index is 1.97. The van der Waals surface area contributed by atoms with Crippen LogP contribution in [0.5, 0.6) is 0 Å². The monoisotopic (exact) mass is 368 g/mol. The summed E-state index contributed by atoms with van der Waals surface area (Å²) in [6, 6.07) is 12.6. The Morgan fingerprint density at radius 3 is 2.11 bits per heavy atom. The van der Waals surface area contributed by atoms with Gasteiger partial charge in [-0.1, -0.05) is 12.1 Å². The number of esters is 1. The first-order chi connectivity index (χ1) is 12.8. The number of Topliss-reactive ketones (excluding diaryl/α,β-unsaturated/α-hetero) is 1. The van der Waals surface area contributed by atoms with Crippen LogP contribution in [0, 0.1) is 0 Å². The van der Waals surface area contributed by atoms with E-state index in [1.807, 2.05) is 0 Å². The van der Waals surface area contributed by atoms with Crippen LogP contribution >= 0.6 is 0 Å². The van der Waals surface area contributed by atoms with E-state index in [1.54, 1.807) is 36.4 Å². The molecule has 2 rings (SSSR count). The van der Waals surface area contributed by atoms with Gasteiger partial charge in [-0.05, 0) is 50.2 Å². The molecule has 2 N–H and O–H groups in total. The van der Waals surface area contributed by atoms with E-state index in [2.05, 4.69) is 10.6 Å². The molecule has 0 saturated carbocycles. The maximum Gasteiger partial charge on any atom is 0.338 e. The molecule has 7 heteroatoms. The van der Waals surface area contributed by atoms with Gasteiger partial charge in [0.2, 0.25) is 5.91 Å². The first kappa shape index (κ1) is 19.8. The van der Waals surface area contributed by atoms with E-state index in [1.165, 1.54) is 32.9 Å². The summed E-state index contributed by atoms with van der Waals surface area (Å²) in [6.45, 7) is 4.27. The van der Waals surface area contributed by atoms with Crippen molar-refractivity contribution >= 4 is 34.9 Å². The molecule has 2 aromatic carbocycles. The van der Waals surface area contributed by atoms with E-state index in [4.69, 9.17) is 4.74 Å². The fourth-order valence-corrected chi connectivity index (χ4v) is 2.23. The molecule has 0 bridgehead atoms. The van der Waals surface area contributed by atoms with Crippen molar-refractivity contribution in [1.82, 2.24) is 0 Å². The van der Waals surface area contributed by atoms with Gasteiger partial charge in [0, 0.05) is 23.9 Å². The van der Waals surface area contributed by atoms with Crippen molar-refractivity contribution < 1.29 is 23.9 Å². The summed E-state index contributed by atoms with van der Waals surface area (Å²) in [7, 11) is 0. The molecule has 0 unspecified atom stereocenters. The number of carbonyl (C=O) groups is 4. The van der Waals surface area contributed by atoms with Crippen LogP contribution in [0.2, 0.25) is 0 Å². The first-order valence-corrected chi connectivity index (χ1v) is 8.27. The van der Waals surface area contributed by atoms with Crippen molar-refractivity contribution in [3.63, 3.8) is 0 Å². The number of hydrogen-bond acceptors (Lipinski definition) is 5. The third kappa shape index (κ3) is 5.78. The molecule has 7 nitrogen and oxygen atoms in total. The van der Waals surface area contributed by atoms with Gasteiger partial charge in [-0.3, -0.25) is 14.4 Å². The number of amides is 2. The van der Waals surface area contributed by atoms with Crippen LogP contribution in [0.25, 0.3) is 0 Å². The van der Waals surface area contributed by atoms with Gasteiger partial charge in [-0.2, -0.15) is 0 Å². The summed E-state index contributed by atoms with van der Waals surface area (Å²) >= 11 is 0. The van der Waals surface area contributed by atoms with Gasteiger partial charge in [-0.15, -0.1) is 0 Å². The molecule has 140 valence electrons. The molecule has 0 aromatic heterocycles. The molecule has 0 aliphatic rings. The number of carbonyl (C=O) groups excluding carboxylic acids is 4. The number of anilines is 2. The molecule has 0 saturated heterocycles. The van der Waals surface area contributed by atoms with Crippen molar-refractivity contribution in [3.8, 4) is 0 Å². The average Bonchev–Trinajstić information content (AvgIpc) is 2.61. The molecule has 2 aromatic rings. The SMILES string of the molecule is CC(=O)Nc1ccc(C(=O)O[C@H](C)C(=O)Nc2cccc(C(C)=O)c2)cc1. The van der Waals surface area contributed by atoms with E-state index < -0.39 is 18.0 Å². The van der Waals surface area contributed by atoms with Gasteiger partial charge in [-0.25, -0.2) is 4.79 Å². The van der Waals surface area contributed by atoms with Crippen LogP contribution in [-0.4, -0.2) is 29.7 Å². The Morgan fingerprint density at radius 1 is 0.852 bits per heavy atom. The second-order valence-corrected chi connectivity index (χ2v) is 5.93. The number of hydrogen-bond donors (Lipinski definition) is 2. The van der Waals surface area contributed by atoms with Gasteiger partial charge in [0.05, 0.1) is 5.56 Å². The number of rotatable bonds is 6. The third-order valence-electron chi connectivity index (χ3n) is 3.63. The highest BCUT2D eigenvalue weighted by molar-refractivity contribution is 5.99. The van der Waals surface area contributed by atoms with Crippen LogP contribution in [0.1, 0.15) is 41.5 Å². The summed E-state index contributed by atoms with van der Waals surface area (Å²) in [4.78, 5) is 46.8. The van der Waals surface area contributed by atoms with Gasteiger partial charge in [0.15, 0.2) is 11.9 Å². The van der Waals surface area contributed by atoms with E-state index in [-0.39, 0.29) is 17.3 Å². The summed E-state index contributed by atoms with van der Waals surface area (Å²) in [6.07, 6.45) is -1.03. The van der Waals surface area contributed by atoms with Crippen molar-refractivity contribution in [3.05, 3.63) is 59.7 Å². The minimum atomic E-state index is -1.03. The summed E-state index contributed by atoms with van der Waals surface area (Å²) in [5, 5.41) is 5.20. The van der Waals surface area contributed by atoms with E-state index in [9.17, 15) is 19.2 Å². The number of ether oxygens (including phenoxy) is 1. The first-order valence-electron chi connectivity index (χ1n) is 8.27. The normalized spacial score (nSPS) is 11.2. The summed E-state index contributed by atoms with van der Waals surface area (Å²) in [5.41, 5.74) is 1.71. The fraction of sp³-hybridized carbons (Fsp3) is 0.200. The fourth-order valence-electron chi connectivity index (χ4n) is 2.23. The molecule has 0 spiro atoms. The molecule has 1 atom stereocenters. The standard InChI is InChI=1S/C20H20N2O5/c1-12(23)16-5-4-6-18(11-16)22-19(25)13(2)27-20(26)15-7-9-17(10-8-15)21-14(3)24/h4-11,13H,1-3H3,(H,21,24)(H,22,25)/t13-/m1/s1. The van der Waals surface area contributed by atoms with E-state index in [0.29, 0.717) is 16.9 Å². The zero-order valence-corrected chi connectivity index (χ0v) is 15.2. The number of nitrogens with one attached hydrogen (secondary N) is 2. The summed E-state index contributed by atoms with van der Waals surface area (Å²) < 4.78 is 5.16. The largest absolute Gasteiger partial charge is 0.449 e. The predicted molar refractivity (Wildman–Crippen MR) is 101 cm³/mol. The van der Waals surface area contributed by atoms with E-state index >= 15 is 0 Å². The van der Waals surface area contributed by atoms with Gasteiger partial charge >= 0.3 is 5.97 Å². The smallest absolute Gasteiger partial charge is 0.338 e. The molecule has 2 amide bonds. The Bertz CT molecular complexity index is 874. The Morgan fingerprint density at radius 2 is 1.52 bits per heavy atom. The zero-order chi connectivity index (χ0) is 20.0. The van der Waals surface area contributed by atoms with Gasteiger partial charge in [0.25, 0.3) is 5.91 Å². The van der Waals surface area contributed by atoms with Crippen LogP contribution < -0.4 is 10.6 Å². The van der Waals surface area contributed by atoms with Crippen molar-refractivity contribution in [2.45, 2.75) is 26.9 Å². The van der Waals surface area contributed by atoms with Crippen LogP contribution in [0.15, 0.2) is 48.5 Å². The maximum absolute atomic E-state index is 12.2. The van der Waals surface area contributed by atoms with E-state index in [0.717, 1.165) is 0 Å². The lowest BCUT2D eigenvalue weighted by Gasteiger charge is -2.14. The van der Waals surface area contributed by atoms with Crippen molar-refractivity contribution in [2.24, 2.45) is 0 Å². The van der Waals surface area contributed by atoms with Crippen LogP contribution in [0.4, 0.5) is 11.4 Å². The minimum absolute atomic E-state index is 0.117. The number of benzene rings is 2. The van der Waals surface area contributed by atoms with Crippen LogP contribution in [-0.2, 0) is 14.3 Å². The lowest BCUT2D eigenvalue weighted by Crippen LogP contribution is -2.30. The highest BCUT2D eigenvalue weighted by Gasteiger charge is 2.19. The second-order valence-electron chi connectivity index (χ2n) is 5.93. The molecular formula is C20H20N2O5. The molecule has 0 radical (unpaired) electrons. The third-order valence-corrected chi connectivity index (χ3v) is 3.63. The summed E-state index contributed by atoms with van der Waals surface area (Å²) in [5.74, 6) is -1.51. The highest BCUT2D eigenvalue weighted by atomic mass is 16.5. The predicted octanol–water partition coefficient (Wildman–Crippen LogP) is 3.03. The Hall–Kier alpha value is -3.48. The minimum Gasteiger partial charge on any atom is -0.449 e. The van der Waals surface area contributed by atoms with Crippen molar-refractivity contribution in [1.29, 1.82) is 0 Å². The van der Waals surface area contributed by atoms with Gasteiger partial charge in [0.1, 0.15) is 0 Å². The lowest BCUT2D eigenvalue weighted by atomic mass is 10.1. The zero-order valence-electron chi connectivity index (χ0n) is 15.2. The molecular weight excluding hydrogens is 348 g/mol. The molecule has 0 aliphatic carbocycles. The Kier molecular flexibility index (Phi) is 6.43. The average molecular weight is 368 g/mol. The molecule has 0 fully saturated rings. The molecule has 27 heavy (non-hydrogen) atoms. The highest BCUT2D eigenvalue weighted by Crippen LogP contribution is 2.14. The Labute approximate surface area is 156 Å². The van der Waals surface area contributed by atoms with Gasteiger partial charge < -0.3 is 15.4 Å². The lowest BCUT2D eigenvalue weighted by molar-refractivity contribution is -0.123. The topological polar surface area (TPSA) is 102 Å². The van der Waals surface area contributed by atoms with Crippen molar-refractivity contribution in [2.75, 3.05) is 10.6 Å². The second kappa shape index (κ2) is 8.75. The quantitative estimate of drug-likeness (QED) is 0.603. The number of ketones is 1. The van der Waals surface area contributed by atoms with Crippen LogP contribution in [0.3, 0.4) is 0 Å². The molecule has 0 aliphatic heterocycles. The maximum atomic E-state index is 12.2. The molecule has 0 heterocycles.